The number of nitrogens with zero attached hydrogens (tertiary/aromatic N) is 2. The Morgan fingerprint density at radius 2 is 1.44 bits per heavy atom. The van der Waals surface area contributed by atoms with Crippen LogP contribution in [0.15, 0.2) is 54.6 Å². The summed E-state index contributed by atoms with van der Waals surface area (Å²) in [5.74, 6) is -2.22. The molecule has 27 heavy (non-hydrogen) atoms. The first-order valence-corrected chi connectivity index (χ1v) is 8.58. The molecule has 2 aromatic carbocycles. The van der Waals surface area contributed by atoms with E-state index in [9.17, 15) is 19.2 Å². The minimum absolute atomic E-state index is 0.0125. The molecule has 0 aromatic heterocycles. The topological polar surface area (TPSA) is 84.0 Å². The third kappa shape index (κ3) is 2.92. The van der Waals surface area contributed by atoms with Gasteiger partial charge in [-0.2, -0.15) is 5.06 Å². The van der Waals surface area contributed by atoms with Crippen molar-refractivity contribution in [2.24, 2.45) is 0 Å². The van der Waals surface area contributed by atoms with Crippen molar-refractivity contribution in [3.05, 3.63) is 71.3 Å². The number of piperidine rings is 1. The minimum atomic E-state index is -1.05. The number of carbonyl (C=O) groups excluding carboxylic acids is 4. The first kappa shape index (κ1) is 17.1. The number of amides is 4. The van der Waals surface area contributed by atoms with E-state index in [0.29, 0.717) is 5.06 Å². The Morgan fingerprint density at radius 3 is 2.07 bits per heavy atom. The highest BCUT2D eigenvalue weighted by molar-refractivity contribution is 6.23. The molecule has 0 radical (unpaired) electrons. The average Bonchev–Trinajstić information content (AvgIpc) is 2.94. The van der Waals surface area contributed by atoms with E-state index in [-0.39, 0.29) is 30.6 Å². The summed E-state index contributed by atoms with van der Waals surface area (Å²) in [6, 6.07) is 14.5. The van der Waals surface area contributed by atoms with Crippen LogP contribution in [0.5, 0.6) is 0 Å². The van der Waals surface area contributed by atoms with E-state index < -0.39 is 29.7 Å². The van der Waals surface area contributed by atoms with Gasteiger partial charge in [-0.15, -0.1) is 0 Å². The van der Waals surface area contributed by atoms with Crippen LogP contribution in [0.1, 0.15) is 39.1 Å². The van der Waals surface area contributed by atoms with E-state index in [2.05, 4.69) is 0 Å². The lowest BCUT2D eigenvalue weighted by Crippen LogP contribution is -2.55. The van der Waals surface area contributed by atoms with E-state index in [1.165, 1.54) is 0 Å². The molecule has 136 valence electrons. The van der Waals surface area contributed by atoms with Crippen LogP contribution >= 0.6 is 0 Å². The Bertz CT molecular complexity index is 905. The van der Waals surface area contributed by atoms with Crippen molar-refractivity contribution < 1.29 is 24.0 Å². The van der Waals surface area contributed by atoms with Gasteiger partial charge < -0.3 is 0 Å². The highest BCUT2D eigenvalue weighted by atomic mass is 16.7. The van der Waals surface area contributed by atoms with Crippen LogP contribution in [-0.4, -0.2) is 39.6 Å². The zero-order chi connectivity index (χ0) is 19.0. The number of fused-ring (bicyclic) bond motifs is 1. The second-order valence-electron chi connectivity index (χ2n) is 6.37. The molecule has 1 saturated heterocycles. The van der Waals surface area contributed by atoms with Crippen molar-refractivity contribution in [1.29, 1.82) is 0 Å². The largest absolute Gasteiger partial charge is 0.276 e. The number of rotatable bonds is 4. The number of carbonyl (C=O) groups is 4. The van der Waals surface area contributed by atoms with Gasteiger partial charge in [0, 0.05) is 6.42 Å². The first-order chi connectivity index (χ1) is 13.1. The van der Waals surface area contributed by atoms with Gasteiger partial charge in [0.05, 0.1) is 11.1 Å². The predicted molar refractivity (Wildman–Crippen MR) is 93.0 cm³/mol. The molecule has 1 unspecified atom stereocenters. The Labute approximate surface area is 155 Å². The van der Waals surface area contributed by atoms with Crippen molar-refractivity contribution in [3.8, 4) is 0 Å². The van der Waals surface area contributed by atoms with Crippen LogP contribution in [0.25, 0.3) is 0 Å². The van der Waals surface area contributed by atoms with Crippen LogP contribution in [0.4, 0.5) is 0 Å². The average molecular weight is 364 g/mol. The van der Waals surface area contributed by atoms with Crippen LogP contribution in [-0.2, 0) is 21.0 Å². The van der Waals surface area contributed by atoms with Gasteiger partial charge in [0.25, 0.3) is 23.6 Å². The van der Waals surface area contributed by atoms with E-state index in [1.807, 2.05) is 18.2 Å². The fourth-order valence-electron chi connectivity index (χ4n) is 3.32. The maximum absolute atomic E-state index is 12.8. The van der Waals surface area contributed by atoms with Crippen molar-refractivity contribution in [2.45, 2.75) is 25.5 Å². The summed E-state index contributed by atoms with van der Waals surface area (Å²) in [5.41, 5.74) is 1.33. The van der Waals surface area contributed by atoms with Crippen molar-refractivity contribution in [3.63, 3.8) is 0 Å². The zero-order valence-corrected chi connectivity index (χ0v) is 14.3. The van der Waals surface area contributed by atoms with Crippen molar-refractivity contribution >= 4 is 23.6 Å². The van der Waals surface area contributed by atoms with Gasteiger partial charge in [-0.1, -0.05) is 42.5 Å². The normalized spacial score (nSPS) is 19.6. The molecule has 0 N–H and O–H groups in total. The molecule has 1 atom stereocenters. The summed E-state index contributed by atoms with van der Waals surface area (Å²) >= 11 is 0. The number of imide groups is 2. The molecule has 7 heteroatoms. The summed E-state index contributed by atoms with van der Waals surface area (Å²) in [5, 5.41) is 0.685. The lowest BCUT2D eigenvalue weighted by atomic mass is 10.0. The Kier molecular flexibility index (Phi) is 4.29. The van der Waals surface area contributed by atoms with E-state index in [4.69, 9.17) is 4.84 Å². The highest BCUT2D eigenvalue weighted by Gasteiger charge is 2.47. The predicted octanol–water partition coefficient (Wildman–Crippen LogP) is 1.93. The molecule has 2 aliphatic heterocycles. The SMILES string of the molecule is O=C1CCC(N2C(=O)c3ccccc3C2=O)C(=O)N1OCc1ccccc1. The van der Waals surface area contributed by atoms with Gasteiger partial charge in [0.2, 0.25) is 0 Å². The van der Waals surface area contributed by atoms with E-state index >= 15 is 0 Å². The standard InChI is InChI=1S/C20H16N2O5/c23-17-11-10-16(20(26)22(17)27-12-13-6-2-1-3-7-13)21-18(24)14-8-4-5-9-15(14)19(21)25/h1-9,16H,10-12H2. The Morgan fingerprint density at radius 1 is 0.852 bits per heavy atom. The number of hydrogen-bond acceptors (Lipinski definition) is 5. The van der Waals surface area contributed by atoms with Gasteiger partial charge in [0.15, 0.2) is 0 Å². The van der Waals surface area contributed by atoms with Gasteiger partial charge in [-0.25, -0.2) is 0 Å². The second kappa shape index (κ2) is 6.77. The lowest BCUT2D eigenvalue weighted by molar-refractivity contribution is -0.206. The molecule has 2 aliphatic rings. The molecule has 0 bridgehead atoms. The molecule has 0 saturated carbocycles. The zero-order valence-electron chi connectivity index (χ0n) is 14.3. The maximum Gasteiger partial charge on any atom is 0.276 e. The molecule has 2 aromatic rings. The Balaban J connectivity index is 1.54. The quantitative estimate of drug-likeness (QED) is 0.774. The summed E-state index contributed by atoms with van der Waals surface area (Å²) in [6.45, 7) is 0.0349. The molecule has 4 amide bonds. The second-order valence-corrected chi connectivity index (χ2v) is 6.37. The molecule has 1 fully saturated rings. The van der Waals surface area contributed by atoms with Gasteiger partial charge in [-0.05, 0) is 24.1 Å². The summed E-state index contributed by atoms with van der Waals surface area (Å²) in [6.07, 6.45) is 0.104. The Hall–Kier alpha value is -3.32. The summed E-state index contributed by atoms with van der Waals surface area (Å²) in [7, 11) is 0. The number of hydrogen-bond donors (Lipinski definition) is 0. The molecule has 0 spiro atoms. The molecule has 2 heterocycles. The highest BCUT2D eigenvalue weighted by Crippen LogP contribution is 2.29. The van der Waals surface area contributed by atoms with Crippen molar-refractivity contribution in [1.82, 2.24) is 9.96 Å². The summed E-state index contributed by atoms with van der Waals surface area (Å²) in [4.78, 5) is 56.6. The molecular formula is C20H16N2O5. The summed E-state index contributed by atoms with van der Waals surface area (Å²) < 4.78 is 0. The first-order valence-electron chi connectivity index (χ1n) is 8.58. The number of benzene rings is 2. The fraction of sp³-hybridized carbons (Fsp3) is 0.200. The van der Waals surface area contributed by atoms with Crippen molar-refractivity contribution in [2.75, 3.05) is 0 Å². The fourth-order valence-corrected chi connectivity index (χ4v) is 3.32. The van der Waals surface area contributed by atoms with Crippen LogP contribution < -0.4 is 0 Å². The molecule has 4 rings (SSSR count). The lowest BCUT2D eigenvalue weighted by Gasteiger charge is -2.33. The van der Waals surface area contributed by atoms with E-state index in [1.54, 1.807) is 36.4 Å². The third-order valence-corrected chi connectivity index (χ3v) is 4.68. The van der Waals surface area contributed by atoms with Crippen LogP contribution in [0, 0.1) is 0 Å². The molecule has 0 aliphatic carbocycles. The molecule has 7 nitrogen and oxygen atoms in total. The van der Waals surface area contributed by atoms with Gasteiger partial charge >= 0.3 is 0 Å². The van der Waals surface area contributed by atoms with Crippen LogP contribution in [0.2, 0.25) is 0 Å². The molecular weight excluding hydrogens is 348 g/mol. The minimum Gasteiger partial charge on any atom is -0.272 e. The third-order valence-electron chi connectivity index (χ3n) is 4.68. The monoisotopic (exact) mass is 364 g/mol. The van der Waals surface area contributed by atoms with Crippen LogP contribution in [0.3, 0.4) is 0 Å². The maximum atomic E-state index is 12.8. The van der Waals surface area contributed by atoms with Gasteiger partial charge in [0.1, 0.15) is 12.6 Å². The van der Waals surface area contributed by atoms with E-state index in [0.717, 1.165) is 10.5 Å². The van der Waals surface area contributed by atoms with Gasteiger partial charge in [-0.3, -0.25) is 28.9 Å². The number of hydroxylamine groups is 2. The smallest absolute Gasteiger partial charge is 0.272 e.